The topological polar surface area (TPSA) is 49.8 Å². The van der Waals surface area contributed by atoms with Gasteiger partial charge in [0.15, 0.2) is 0 Å². The molecule has 0 saturated heterocycles. The Bertz CT molecular complexity index is 896. The minimum absolute atomic E-state index is 0.563. The van der Waals surface area contributed by atoms with E-state index in [0.717, 1.165) is 22.8 Å². The van der Waals surface area contributed by atoms with Gasteiger partial charge < -0.3 is 10.6 Å². The van der Waals surface area contributed by atoms with Gasteiger partial charge in [0, 0.05) is 17.8 Å². The first-order chi connectivity index (χ1) is 12.2. The maximum Gasteiger partial charge on any atom is 0.149 e. The number of halogens is 1. The Labute approximate surface area is 151 Å². The zero-order valence-electron chi connectivity index (χ0n) is 13.5. The molecule has 0 spiro atoms. The highest BCUT2D eigenvalue weighted by atomic mass is 35.5. The molecule has 4 nitrogen and oxygen atoms in total. The summed E-state index contributed by atoms with van der Waals surface area (Å²) in [5.41, 5.74) is 3.67. The highest BCUT2D eigenvalue weighted by molar-refractivity contribution is 6.27. The van der Waals surface area contributed by atoms with Crippen molar-refractivity contribution in [2.24, 2.45) is 0 Å². The SMILES string of the molecule is ClC1(Nc2ccccc2)C=Cc2nc(Nc3ccccc3)cnc2C1. The fourth-order valence-corrected chi connectivity index (χ4v) is 3.09. The van der Waals surface area contributed by atoms with Gasteiger partial charge in [-0.15, -0.1) is 0 Å². The quantitative estimate of drug-likeness (QED) is 0.523. The fraction of sp³-hybridized carbons (Fsp3) is 0.100. The van der Waals surface area contributed by atoms with Crippen LogP contribution in [0, 0.1) is 0 Å². The van der Waals surface area contributed by atoms with E-state index in [9.17, 15) is 0 Å². The Morgan fingerprint density at radius 2 is 1.60 bits per heavy atom. The van der Waals surface area contributed by atoms with Crippen LogP contribution in [0.5, 0.6) is 0 Å². The maximum atomic E-state index is 6.73. The number of para-hydroxylation sites is 2. The van der Waals surface area contributed by atoms with Crippen LogP contribution < -0.4 is 10.6 Å². The van der Waals surface area contributed by atoms with E-state index in [4.69, 9.17) is 11.6 Å². The minimum atomic E-state index is -0.697. The van der Waals surface area contributed by atoms with Gasteiger partial charge in [-0.25, -0.2) is 4.98 Å². The molecular formula is C20H17ClN4. The van der Waals surface area contributed by atoms with Gasteiger partial charge >= 0.3 is 0 Å². The van der Waals surface area contributed by atoms with E-state index >= 15 is 0 Å². The lowest BCUT2D eigenvalue weighted by Crippen LogP contribution is -2.34. The van der Waals surface area contributed by atoms with Gasteiger partial charge in [-0.05, 0) is 36.4 Å². The van der Waals surface area contributed by atoms with E-state index in [1.807, 2.05) is 72.8 Å². The second-order valence-electron chi connectivity index (χ2n) is 5.94. The molecule has 0 amide bonds. The Kier molecular flexibility index (Phi) is 4.12. The normalized spacial score (nSPS) is 18.4. The van der Waals surface area contributed by atoms with Gasteiger partial charge in [0.2, 0.25) is 0 Å². The zero-order valence-corrected chi connectivity index (χ0v) is 14.2. The molecule has 1 aliphatic rings. The second-order valence-corrected chi connectivity index (χ2v) is 6.62. The number of aromatic nitrogens is 2. The molecular weight excluding hydrogens is 332 g/mol. The molecule has 0 aliphatic heterocycles. The molecule has 2 N–H and O–H groups in total. The number of nitrogens with zero attached hydrogens (tertiary/aromatic N) is 2. The Hall–Kier alpha value is -2.85. The Morgan fingerprint density at radius 1 is 0.920 bits per heavy atom. The van der Waals surface area contributed by atoms with E-state index in [0.29, 0.717) is 12.2 Å². The summed E-state index contributed by atoms with van der Waals surface area (Å²) in [4.78, 5) is 8.49. The van der Waals surface area contributed by atoms with Gasteiger partial charge in [-0.2, -0.15) is 0 Å². The van der Waals surface area contributed by atoms with Crippen LogP contribution >= 0.6 is 11.6 Å². The van der Waals surface area contributed by atoms with Crippen molar-refractivity contribution in [3.05, 3.63) is 84.3 Å². The molecule has 1 aliphatic carbocycles. The van der Waals surface area contributed by atoms with Gasteiger partial charge in [0.05, 0.1) is 17.6 Å². The molecule has 124 valence electrons. The first kappa shape index (κ1) is 15.7. The van der Waals surface area contributed by atoms with Crippen LogP contribution in [0.25, 0.3) is 6.08 Å². The molecule has 5 heteroatoms. The lowest BCUT2D eigenvalue weighted by atomic mass is 10.0. The lowest BCUT2D eigenvalue weighted by Gasteiger charge is -2.29. The van der Waals surface area contributed by atoms with Crippen molar-refractivity contribution in [3.8, 4) is 0 Å². The number of rotatable bonds is 4. The van der Waals surface area contributed by atoms with Crippen molar-refractivity contribution in [1.82, 2.24) is 9.97 Å². The van der Waals surface area contributed by atoms with Crippen LogP contribution in [0.3, 0.4) is 0 Å². The highest BCUT2D eigenvalue weighted by Gasteiger charge is 2.29. The lowest BCUT2D eigenvalue weighted by molar-refractivity contribution is 0.748. The third-order valence-electron chi connectivity index (χ3n) is 3.98. The van der Waals surface area contributed by atoms with Crippen LogP contribution in [0.2, 0.25) is 0 Å². The summed E-state index contributed by atoms with van der Waals surface area (Å²) in [6.45, 7) is 0. The summed E-state index contributed by atoms with van der Waals surface area (Å²) in [6.07, 6.45) is 6.16. The molecule has 1 aromatic heterocycles. The summed E-state index contributed by atoms with van der Waals surface area (Å²) in [5.74, 6) is 0.715. The second kappa shape index (κ2) is 6.57. The van der Waals surface area contributed by atoms with Crippen molar-refractivity contribution >= 4 is 34.9 Å². The first-order valence-electron chi connectivity index (χ1n) is 8.10. The van der Waals surface area contributed by atoms with Gasteiger partial charge in [-0.1, -0.05) is 48.0 Å². The van der Waals surface area contributed by atoms with Crippen LogP contribution in [0.1, 0.15) is 11.4 Å². The summed E-state index contributed by atoms with van der Waals surface area (Å²) in [7, 11) is 0. The number of hydrogen-bond donors (Lipinski definition) is 2. The summed E-state index contributed by atoms with van der Waals surface area (Å²) in [5, 5.41) is 6.61. The molecule has 3 aromatic rings. The van der Waals surface area contributed by atoms with Crippen LogP contribution in [0.4, 0.5) is 17.2 Å². The summed E-state index contributed by atoms with van der Waals surface area (Å²) < 4.78 is 0. The number of alkyl halides is 1. The smallest absolute Gasteiger partial charge is 0.149 e. The average Bonchev–Trinajstić information content (AvgIpc) is 2.63. The highest BCUT2D eigenvalue weighted by Crippen LogP contribution is 2.31. The summed E-state index contributed by atoms with van der Waals surface area (Å²) in [6, 6.07) is 19.8. The van der Waals surface area contributed by atoms with Gasteiger partial charge in [-0.3, -0.25) is 4.98 Å². The summed E-state index contributed by atoms with van der Waals surface area (Å²) >= 11 is 6.73. The largest absolute Gasteiger partial charge is 0.363 e. The van der Waals surface area contributed by atoms with Crippen molar-refractivity contribution < 1.29 is 0 Å². The molecule has 0 radical (unpaired) electrons. The molecule has 4 rings (SSSR count). The van der Waals surface area contributed by atoms with Crippen molar-refractivity contribution in [3.63, 3.8) is 0 Å². The number of anilines is 3. The predicted octanol–water partition coefficient (Wildman–Crippen LogP) is 4.84. The van der Waals surface area contributed by atoms with Gasteiger partial charge in [0.25, 0.3) is 0 Å². The molecule has 0 fully saturated rings. The first-order valence-corrected chi connectivity index (χ1v) is 8.47. The Balaban J connectivity index is 1.53. The van der Waals surface area contributed by atoms with Crippen LogP contribution in [0.15, 0.2) is 72.9 Å². The molecule has 2 aromatic carbocycles. The monoisotopic (exact) mass is 348 g/mol. The molecule has 1 unspecified atom stereocenters. The van der Waals surface area contributed by atoms with E-state index in [1.165, 1.54) is 0 Å². The molecule has 1 atom stereocenters. The maximum absolute atomic E-state index is 6.73. The Morgan fingerprint density at radius 3 is 2.32 bits per heavy atom. The average molecular weight is 349 g/mol. The number of fused-ring (bicyclic) bond motifs is 1. The number of benzene rings is 2. The van der Waals surface area contributed by atoms with Crippen molar-refractivity contribution in [2.45, 2.75) is 11.4 Å². The van der Waals surface area contributed by atoms with Crippen molar-refractivity contribution in [2.75, 3.05) is 10.6 Å². The standard InChI is InChI=1S/C20H17ClN4/c21-20(25-16-9-5-2-6-10-16)12-11-17-18(13-20)22-14-19(24-17)23-15-7-3-1-4-8-15/h1-12,14,25H,13H2,(H,23,24). The number of nitrogens with one attached hydrogen (secondary N) is 2. The van der Waals surface area contributed by atoms with E-state index in [2.05, 4.69) is 20.6 Å². The van der Waals surface area contributed by atoms with Crippen LogP contribution in [-0.4, -0.2) is 15.0 Å². The van der Waals surface area contributed by atoms with E-state index < -0.39 is 5.00 Å². The predicted molar refractivity (Wildman–Crippen MR) is 103 cm³/mol. The molecule has 0 bridgehead atoms. The third kappa shape index (κ3) is 3.64. The number of hydrogen-bond acceptors (Lipinski definition) is 4. The van der Waals surface area contributed by atoms with Crippen molar-refractivity contribution in [1.29, 1.82) is 0 Å². The molecule has 0 saturated carbocycles. The van der Waals surface area contributed by atoms with Gasteiger partial charge in [0.1, 0.15) is 10.8 Å². The molecule has 1 heterocycles. The zero-order chi connectivity index (χ0) is 17.1. The van der Waals surface area contributed by atoms with E-state index in [-0.39, 0.29) is 0 Å². The fourth-order valence-electron chi connectivity index (χ4n) is 2.79. The third-order valence-corrected chi connectivity index (χ3v) is 4.34. The molecule has 25 heavy (non-hydrogen) atoms. The van der Waals surface area contributed by atoms with Crippen LogP contribution in [-0.2, 0) is 6.42 Å². The van der Waals surface area contributed by atoms with E-state index in [1.54, 1.807) is 6.20 Å². The minimum Gasteiger partial charge on any atom is -0.363 e.